The molecule has 2 aromatic carbocycles. The third kappa shape index (κ3) is 1.71. The third-order valence-electron chi connectivity index (χ3n) is 4.48. The van der Waals surface area contributed by atoms with E-state index in [1.54, 1.807) is 13.2 Å². The summed E-state index contributed by atoms with van der Waals surface area (Å²) in [5.41, 5.74) is 2.93. The van der Waals surface area contributed by atoms with Crippen molar-refractivity contribution in [2.75, 3.05) is 19.0 Å². The molecule has 0 fully saturated rings. The van der Waals surface area contributed by atoms with Gasteiger partial charge in [0.25, 0.3) is 5.91 Å². The Morgan fingerprint density at radius 2 is 2.05 bits per heavy atom. The summed E-state index contributed by atoms with van der Waals surface area (Å²) in [6.07, 6.45) is 0.859. The Bertz CT molecular complexity index is 790. The fourth-order valence-corrected chi connectivity index (χ4v) is 3.64. The number of ether oxygens (including phenoxy) is 1. The first-order chi connectivity index (χ1) is 10.6. The Hall–Kier alpha value is -2.04. The minimum absolute atomic E-state index is 0.0594. The van der Waals surface area contributed by atoms with Gasteiger partial charge in [0.2, 0.25) is 0 Å². The number of amides is 1. The zero-order chi connectivity index (χ0) is 15.3. The van der Waals surface area contributed by atoms with E-state index in [2.05, 4.69) is 10.6 Å². The Kier molecular flexibility index (Phi) is 2.93. The van der Waals surface area contributed by atoms with Crippen molar-refractivity contribution in [2.24, 2.45) is 0 Å². The molecule has 2 N–H and O–H groups in total. The molecule has 2 heterocycles. The molecule has 2 aliphatic rings. The van der Waals surface area contributed by atoms with E-state index < -0.39 is 5.54 Å². The molecule has 4 nitrogen and oxygen atoms in total. The number of hydrogen-bond acceptors (Lipinski definition) is 3. The molecule has 0 saturated heterocycles. The molecule has 5 heteroatoms. The summed E-state index contributed by atoms with van der Waals surface area (Å²) in [7, 11) is 1.65. The summed E-state index contributed by atoms with van der Waals surface area (Å²) < 4.78 is 5.30. The van der Waals surface area contributed by atoms with Crippen LogP contribution in [0.25, 0.3) is 0 Å². The normalized spacial score (nSPS) is 22.2. The summed E-state index contributed by atoms with van der Waals surface area (Å²) in [5.74, 6) is 0.747. The van der Waals surface area contributed by atoms with Gasteiger partial charge >= 0.3 is 0 Å². The monoisotopic (exact) mass is 314 g/mol. The smallest absolute Gasteiger partial charge is 0.254 e. The largest absolute Gasteiger partial charge is 0.497 e. The van der Waals surface area contributed by atoms with Crippen LogP contribution in [0.2, 0.25) is 5.02 Å². The van der Waals surface area contributed by atoms with Gasteiger partial charge < -0.3 is 10.1 Å². The van der Waals surface area contributed by atoms with Gasteiger partial charge in [-0.1, -0.05) is 17.7 Å². The number of carbonyl (C=O) groups is 1. The summed E-state index contributed by atoms with van der Waals surface area (Å²) in [5, 5.41) is 7.00. The molecule has 4 rings (SSSR count). The van der Waals surface area contributed by atoms with Gasteiger partial charge in [0.15, 0.2) is 5.54 Å². The summed E-state index contributed by atoms with van der Waals surface area (Å²) >= 11 is 6.16. The molecule has 0 bridgehead atoms. The molecule has 2 aliphatic heterocycles. The zero-order valence-electron chi connectivity index (χ0n) is 12.1. The van der Waals surface area contributed by atoms with Crippen LogP contribution in [0.15, 0.2) is 36.4 Å². The van der Waals surface area contributed by atoms with E-state index in [4.69, 9.17) is 16.3 Å². The topological polar surface area (TPSA) is 50.4 Å². The molecule has 1 amide bonds. The lowest BCUT2D eigenvalue weighted by molar-refractivity contribution is -0.120. The number of nitrogens with one attached hydrogen (secondary N) is 2. The lowest BCUT2D eigenvalue weighted by atomic mass is 9.78. The molecular weight excluding hydrogens is 300 g/mol. The summed E-state index contributed by atoms with van der Waals surface area (Å²) in [6, 6.07) is 11.4. The van der Waals surface area contributed by atoms with E-state index in [0.717, 1.165) is 41.1 Å². The minimum atomic E-state index is -0.861. The SMILES string of the molecule is COc1ccc2c(c1)CCNC21C(=O)Nc2ccc(Cl)cc21. The van der Waals surface area contributed by atoms with Crippen molar-refractivity contribution in [3.8, 4) is 5.75 Å². The molecule has 0 radical (unpaired) electrons. The predicted octanol–water partition coefficient (Wildman–Crippen LogP) is 2.69. The van der Waals surface area contributed by atoms with Crippen molar-refractivity contribution in [3.05, 3.63) is 58.1 Å². The zero-order valence-corrected chi connectivity index (χ0v) is 12.8. The van der Waals surface area contributed by atoms with Gasteiger partial charge in [0, 0.05) is 22.8 Å². The fourth-order valence-electron chi connectivity index (χ4n) is 3.47. The molecule has 0 aromatic heterocycles. The van der Waals surface area contributed by atoms with Gasteiger partial charge in [-0.25, -0.2) is 0 Å². The number of anilines is 1. The van der Waals surface area contributed by atoms with Crippen molar-refractivity contribution in [2.45, 2.75) is 12.0 Å². The highest BCUT2D eigenvalue weighted by atomic mass is 35.5. The molecule has 1 atom stereocenters. The van der Waals surface area contributed by atoms with Crippen LogP contribution in [0.3, 0.4) is 0 Å². The maximum atomic E-state index is 12.8. The van der Waals surface area contributed by atoms with Crippen molar-refractivity contribution < 1.29 is 9.53 Å². The van der Waals surface area contributed by atoms with E-state index in [-0.39, 0.29) is 5.91 Å². The van der Waals surface area contributed by atoms with Gasteiger partial charge in [-0.05, 0) is 47.9 Å². The molecule has 1 unspecified atom stereocenters. The van der Waals surface area contributed by atoms with Crippen molar-refractivity contribution >= 4 is 23.2 Å². The van der Waals surface area contributed by atoms with Gasteiger partial charge in [-0.3, -0.25) is 10.1 Å². The van der Waals surface area contributed by atoms with Crippen LogP contribution in [-0.4, -0.2) is 19.6 Å². The second-order valence-electron chi connectivity index (χ2n) is 5.59. The average molecular weight is 315 g/mol. The molecular formula is C17H15ClN2O2. The van der Waals surface area contributed by atoms with Crippen molar-refractivity contribution in [3.63, 3.8) is 0 Å². The van der Waals surface area contributed by atoms with Crippen LogP contribution >= 0.6 is 11.6 Å². The predicted molar refractivity (Wildman–Crippen MR) is 85.6 cm³/mol. The number of hydrogen-bond donors (Lipinski definition) is 2. The third-order valence-corrected chi connectivity index (χ3v) is 4.71. The van der Waals surface area contributed by atoms with Crippen LogP contribution in [0, 0.1) is 0 Å². The standard InChI is InChI=1S/C17H15ClN2O2/c1-22-12-3-4-13-10(8-12)6-7-19-17(13)14-9-11(18)2-5-15(14)20-16(17)21/h2-5,8-9,19H,6-7H2,1H3,(H,20,21). The van der Waals surface area contributed by atoms with E-state index >= 15 is 0 Å². The number of halogens is 1. The van der Waals surface area contributed by atoms with Gasteiger partial charge in [0.1, 0.15) is 5.75 Å². The number of benzene rings is 2. The lowest BCUT2D eigenvalue weighted by Gasteiger charge is -2.35. The first-order valence-corrected chi connectivity index (χ1v) is 7.57. The van der Waals surface area contributed by atoms with E-state index in [1.807, 2.05) is 30.3 Å². The van der Waals surface area contributed by atoms with Crippen molar-refractivity contribution in [1.29, 1.82) is 0 Å². The van der Waals surface area contributed by atoms with Gasteiger partial charge in [-0.2, -0.15) is 0 Å². The second kappa shape index (κ2) is 4.73. The Morgan fingerprint density at radius 3 is 2.86 bits per heavy atom. The highest BCUT2D eigenvalue weighted by molar-refractivity contribution is 6.31. The fraction of sp³-hybridized carbons (Fsp3) is 0.235. The minimum Gasteiger partial charge on any atom is -0.497 e. The lowest BCUT2D eigenvalue weighted by Crippen LogP contribution is -2.52. The number of methoxy groups -OCH3 is 1. The van der Waals surface area contributed by atoms with Crippen LogP contribution in [-0.2, 0) is 16.8 Å². The van der Waals surface area contributed by atoms with E-state index in [9.17, 15) is 4.79 Å². The maximum absolute atomic E-state index is 12.8. The molecule has 112 valence electrons. The van der Waals surface area contributed by atoms with Crippen LogP contribution in [0.5, 0.6) is 5.75 Å². The van der Waals surface area contributed by atoms with Crippen LogP contribution in [0.1, 0.15) is 16.7 Å². The molecule has 0 aliphatic carbocycles. The van der Waals surface area contributed by atoms with E-state index in [1.165, 1.54) is 0 Å². The second-order valence-corrected chi connectivity index (χ2v) is 6.03. The van der Waals surface area contributed by atoms with E-state index in [0.29, 0.717) is 5.02 Å². The quantitative estimate of drug-likeness (QED) is 0.851. The molecule has 1 spiro atoms. The van der Waals surface area contributed by atoms with Crippen LogP contribution < -0.4 is 15.4 Å². The Balaban J connectivity index is 1.98. The highest BCUT2D eigenvalue weighted by Crippen LogP contribution is 2.45. The highest BCUT2D eigenvalue weighted by Gasteiger charge is 2.50. The first kappa shape index (κ1) is 13.6. The molecule has 2 aromatic rings. The number of carbonyl (C=O) groups excluding carboxylic acids is 1. The number of fused-ring (bicyclic) bond motifs is 4. The van der Waals surface area contributed by atoms with Crippen molar-refractivity contribution in [1.82, 2.24) is 5.32 Å². The Labute approximate surface area is 133 Å². The molecule has 0 saturated carbocycles. The van der Waals surface area contributed by atoms with Gasteiger partial charge in [-0.15, -0.1) is 0 Å². The average Bonchev–Trinajstić information content (AvgIpc) is 2.80. The Morgan fingerprint density at radius 1 is 1.18 bits per heavy atom. The number of rotatable bonds is 1. The van der Waals surface area contributed by atoms with Crippen LogP contribution in [0.4, 0.5) is 5.69 Å². The maximum Gasteiger partial charge on any atom is 0.254 e. The summed E-state index contributed by atoms with van der Waals surface area (Å²) in [6.45, 7) is 0.722. The first-order valence-electron chi connectivity index (χ1n) is 7.19. The molecule has 22 heavy (non-hydrogen) atoms. The van der Waals surface area contributed by atoms with Gasteiger partial charge in [0.05, 0.1) is 7.11 Å². The summed E-state index contributed by atoms with van der Waals surface area (Å²) in [4.78, 5) is 12.8.